The topological polar surface area (TPSA) is 93.0 Å². The predicted molar refractivity (Wildman–Crippen MR) is 82.6 cm³/mol. The molecule has 0 spiro atoms. The van der Waals surface area contributed by atoms with Gasteiger partial charge in [0.2, 0.25) is 0 Å². The third-order valence-electron chi connectivity index (χ3n) is 3.48. The molecule has 1 heterocycles. The number of benzene rings is 1. The highest BCUT2D eigenvalue weighted by Gasteiger charge is 2.26. The summed E-state index contributed by atoms with van der Waals surface area (Å²) < 4.78 is 4.91. The number of carbonyl (C=O) groups excluding carboxylic acids is 2. The van der Waals surface area contributed by atoms with Gasteiger partial charge in [0.25, 0.3) is 11.6 Å². The van der Waals surface area contributed by atoms with Gasteiger partial charge in [-0.25, -0.2) is 4.79 Å². The monoisotopic (exact) mass is 341 g/mol. The lowest BCUT2D eigenvalue weighted by Crippen LogP contribution is -2.50. The number of rotatable bonds is 3. The van der Waals surface area contributed by atoms with Gasteiger partial charge in [0.15, 0.2) is 0 Å². The van der Waals surface area contributed by atoms with E-state index in [0.29, 0.717) is 32.8 Å². The van der Waals surface area contributed by atoms with Crippen LogP contribution in [0.25, 0.3) is 0 Å². The molecule has 1 aliphatic rings. The number of piperazine rings is 1. The van der Waals surface area contributed by atoms with Crippen LogP contribution in [0.15, 0.2) is 18.2 Å². The van der Waals surface area contributed by atoms with E-state index in [1.807, 2.05) is 0 Å². The Morgan fingerprint density at radius 2 is 1.87 bits per heavy atom. The maximum atomic E-state index is 12.4. The number of nitrogens with zero attached hydrogens (tertiary/aromatic N) is 3. The summed E-state index contributed by atoms with van der Waals surface area (Å²) in [7, 11) is 0. The van der Waals surface area contributed by atoms with E-state index in [-0.39, 0.29) is 22.2 Å². The number of amides is 2. The molecular weight excluding hydrogens is 326 g/mol. The van der Waals surface area contributed by atoms with Crippen molar-refractivity contribution in [2.45, 2.75) is 6.92 Å². The van der Waals surface area contributed by atoms with E-state index >= 15 is 0 Å². The van der Waals surface area contributed by atoms with Gasteiger partial charge in [-0.1, -0.05) is 11.6 Å². The number of carbonyl (C=O) groups is 2. The van der Waals surface area contributed by atoms with E-state index in [1.165, 1.54) is 23.1 Å². The molecule has 0 bridgehead atoms. The Balaban J connectivity index is 2.04. The van der Waals surface area contributed by atoms with Gasteiger partial charge in [-0.2, -0.15) is 0 Å². The first kappa shape index (κ1) is 17.0. The van der Waals surface area contributed by atoms with Crippen molar-refractivity contribution in [3.63, 3.8) is 0 Å². The smallest absolute Gasteiger partial charge is 0.409 e. The summed E-state index contributed by atoms with van der Waals surface area (Å²) in [5.74, 6) is -0.326. The van der Waals surface area contributed by atoms with Crippen LogP contribution in [0.4, 0.5) is 10.5 Å². The molecule has 0 aliphatic carbocycles. The molecule has 124 valence electrons. The molecule has 1 aliphatic heterocycles. The van der Waals surface area contributed by atoms with Gasteiger partial charge < -0.3 is 14.5 Å². The molecular formula is C14H16ClN3O5. The molecule has 9 heteroatoms. The van der Waals surface area contributed by atoms with E-state index in [0.717, 1.165) is 0 Å². The molecule has 0 saturated carbocycles. The second kappa shape index (κ2) is 7.28. The molecule has 2 amide bonds. The van der Waals surface area contributed by atoms with E-state index in [2.05, 4.69) is 0 Å². The lowest BCUT2D eigenvalue weighted by atomic mass is 10.1. The summed E-state index contributed by atoms with van der Waals surface area (Å²) in [6, 6.07) is 3.96. The van der Waals surface area contributed by atoms with Crippen LogP contribution in [0.2, 0.25) is 5.02 Å². The molecule has 1 saturated heterocycles. The molecule has 1 aromatic rings. The minimum Gasteiger partial charge on any atom is -0.450 e. The first-order valence-electron chi connectivity index (χ1n) is 7.09. The van der Waals surface area contributed by atoms with Crippen LogP contribution in [0.3, 0.4) is 0 Å². The summed E-state index contributed by atoms with van der Waals surface area (Å²) >= 11 is 5.74. The quantitative estimate of drug-likeness (QED) is 0.620. The molecule has 0 N–H and O–H groups in total. The van der Waals surface area contributed by atoms with Crippen molar-refractivity contribution in [3.8, 4) is 0 Å². The fraction of sp³-hybridized carbons (Fsp3) is 0.429. The predicted octanol–water partition coefficient (Wildman–Crippen LogP) is 2.16. The van der Waals surface area contributed by atoms with E-state index in [1.54, 1.807) is 11.8 Å². The highest BCUT2D eigenvalue weighted by Crippen LogP contribution is 2.25. The lowest BCUT2D eigenvalue weighted by molar-refractivity contribution is -0.384. The van der Waals surface area contributed by atoms with Crippen LogP contribution in [0, 0.1) is 10.1 Å². The third-order valence-corrected chi connectivity index (χ3v) is 3.80. The van der Waals surface area contributed by atoms with E-state index in [4.69, 9.17) is 16.3 Å². The Morgan fingerprint density at radius 1 is 1.26 bits per heavy atom. The van der Waals surface area contributed by atoms with Crippen molar-refractivity contribution in [2.75, 3.05) is 32.8 Å². The third kappa shape index (κ3) is 3.89. The number of halogens is 1. The summed E-state index contributed by atoms with van der Waals surface area (Å²) in [5.41, 5.74) is -0.103. The van der Waals surface area contributed by atoms with Gasteiger partial charge in [-0.3, -0.25) is 14.9 Å². The van der Waals surface area contributed by atoms with Crippen molar-refractivity contribution < 1.29 is 19.2 Å². The van der Waals surface area contributed by atoms with Gasteiger partial charge in [0.05, 0.1) is 11.5 Å². The van der Waals surface area contributed by atoms with Crippen molar-refractivity contribution >= 4 is 29.3 Å². The fourth-order valence-electron chi connectivity index (χ4n) is 2.28. The maximum Gasteiger partial charge on any atom is 0.409 e. The SMILES string of the molecule is CCOC(=O)N1CCN(C(=O)c2ccc(Cl)c([N+](=O)[O-])c2)CC1. The van der Waals surface area contributed by atoms with Gasteiger partial charge in [0.1, 0.15) is 5.02 Å². The fourth-order valence-corrected chi connectivity index (χ4v) is 2.46. The van der Waals surface area contributed by atoms with Crippen LogP contribution < -0.4 is 0 Å². The van der Waals surface area contributed by atoms with Crippen molar-refractivity contribution in [1.29, 1.82) is 0 Å². The van der Waals surface area contributed by atoms with Crippen LogP contribution in [-0.2, 0) is 4.74 Å². The summed E-state index contributed by atoms with van der Waals surface area (Å²) in [6.45, 7) is 3.43. The Morgan fingerprint density at radius 3 is 2.43 bits per heavy atom. The van der Waals surface area contributed by atoms with Crippen LogP contribution in [-0.4, -0.2) is 59.5 Å². The molecule has 0 atom stereocenters. The molecule has 0 radical (unpaired) electrons. The zero-order valence-corrected chi connectivity index (χ0v) is 13.3. The Hall–Kier alpha value is -2.35. The molecule has 0 aromatic heterocycles. The molecule has 1 fully saturated rings. The second-order valence-corrected chi connectivity index (χ2v) is 5.31. The molecule has 0 unspecified atom stereocenters. The van der Waals surface area contributed by atoms with Crippen LogP contribution >= 0.6 is 11.6 Å². The molecule has 23 heavy (non-hydrogen) atoms. The zero-order chi connectivity index (χ0) is 17.0. The average Bonchev–Trinajstić information content (AvgIpc) is 2.54. The minimum absolute atomic E-state index is 0.0151. The van der Waals surface area contributed by atoms with Gasteiger partial charge in [0, 0.05) is 37.8 Å². The second-order valence-electron chi connectivity index (χ2n) is 4.90. The standard InChI is InChI=1S/C14H16ClN3O5/c1-2-23-14(20)17-7-5-16(6-8-17)13(19)10-3-4-11(15)12(9-10)18(21)22/h3-4,9H,2,5-8H2,1H3. The largest absolute Gasteiger partial charge is 0.450 e. The summed E-state index contributed by atoms with van der Waals surface area (Å²) in [6.07, 6.45) is -0.401. The van der Waals surface area contributed by atoms with E-state index in [9.17, 15) is 19.7 Å². The van der Waals surface area contributed by atoms with Crippen LogP contribution in [0.1, 0.15) is 17.3 Å². The summed E-state index contributed by atoms with van der Waals surface area (Å²) in [4.78, 5) is 37.4. The zero-order valence-electron chi connectivity index (χ0n) is 12.5. The van der Waals surface area contributed by atoms with Crippen molar-refractivity contribution in [2.24, 2.45) is 0 Å². The number of nitro benzene ring substituents is 1. The maximum absolute atomic E-state index is 12.4. The molecule has 2 rings (SSSR count). The minimum atomic E-state index is -0.627. The van der Waals surface area contributed by atoms with Gasteiger partial charge in [-0.05, 0) is 19.1 Å². The van der Waals surface area contributed by atoms with Crippen LogP contribution in [0.5, 0.6) is 0 Å². The Kier molecular flexibility index (Phi) is 5.38. The number of ether oxygens (including phenoxy) is 1. The average molecular weight is 342 g/mol. The number of hydrogen-bond acceptors (Lipinski definition) is 5. The number of hydrogen-bond donors (Lipinski definition) is 0. The normalized spacial score (nSPS) is 14.5. The number of nitro groups is 1. The first-order valence-corrected chi connectivity index (χ1v) is 7.46. The Bertz CT molecular complexity index is 629. The van der Waals surface area contributed by atoms with Crippen molar-refractivity contribution in [1.82, 2.24) is 9.80 Å². The van der Waals surface area contributed by atoms with Gasteiger partial charge in [-0.15, -0.1) is 0 Å². The highest BCUT2D eigenvalue weighted by molar-refractivity contribution is 6.32. The molecule has 1 aromatic carbocycles. The summed E-state index contributed by atoms with van der Waals surface area (Å²) in [5, 5.41) is 10.9. The molecule has 8 nitrogen and oxygen atoms in total. The Labute approximate surface area is 137 Å². The highest BCUT2D eigenvalue weighted by atomic mass is 35.5. The lowest BCUT2D eigenvalue weighted by Gasteiger charge is -2.34. The first-order chi connectivity index (χ1) is 10.9. The van der Waals surface area contributed by atoms with Crippen molar-refractivity contribution in [3.05, 3.63) is 38.9 Å². The van der Waals surface area contributed by atoms with Gasteiger partial charge >= 0.3 is 6.09 Å². The van der Waals surface area contributed by atoms with E-state index < -0.39 is 11.0 Å².